The van der Waals surface area contributed by atoms with Gasteiger partial charge in [-0.3, -0.25) is 14.9 Å². The van der Waals surface area contributed by atoms with Gasteiger partial charge in [-0.1, -0.05) is 18.2 Å². The Morgan fingerprint density at radius 1 is 1.06 bits per heavy atom. The molecule has 3 aliphatic rings. The first-order valence-corrected chi connectivity index (χ1v) is 12.8. The summed E-state index contributed by atoms with van der Waals surface area (Å²) in [5.74, 6) is -0.189. The molecule has 2 atom stereocenters. The first kappa shape index (κ1) is 24.2. The number of ether oxygens (including phenoxy) is 1. The highest BCUT2D eigenvalue weighted by atomic mass is 31.2. The van der Waals surface area contributed by atoms with Crippen LogP contribution in [0.1, 0.15) is 26.2 Å². The molecule has 10 nitrogen and oxygen atoms in total. The van der Waals surface area contributed by atoms with Crippen molar-refractivity contribution in [3.8, 4) is 11.5 Å². The quantitative estimate of drug-likeness (QED) is 0.227. The lowest BCUT2D eigenvalue weighted by Gasteiger charge is -2.47. The van der Waals surface area contributed by atoms with Crippen molar-refractivity contribution in [2.45, 2.75) is 32.2 Å². The minimum absolute atomic E-state index is 0.0175. The van der Waals surface area contributed by atoms with E-state index in [1.54, 1.807) is 30.3 Å². The van der Waals surface area contributed by atoms with E-state index in [-0.39, 0.29) is 22.6 Å². The highest BCUT2D eigenvalue weighted by molar-refractivity contribution is 7.52. The number of esters is 1. The Bertz CT molecular complexity index is 1040. The summed E-state index contributed by atoms with van der Waals surface area (Å²) in [6, 6.07) is 12.5. The Labute approximate surface area is 197 Å². The number of nitrogens with one attached hydrogen (secondary N) is 1. The van der Waals surface area contributed by atoms with Gasteiger partial charge < -0.3 is 18.7 Å². The first-order chi connectivity index (χ1) is 16.3. The first-order valence-electron chi connectivity index (χ1n) is 11.2. The van der Waals surface area contributed by atoms with Crippen molar-refractivity contribution in [3.63, 3.8) is 0 Å². The van der Waals surface area contributed by atoms with Gasteiger partial charge >= 0.3 is 13.7 Å². The molecule has 34 heavy (non-hydrogen) atoms. The molecular weight excluding hydrogens is 461 g/mol. The van der Waals surface area contributed by atoms with Crippen LogP contribution in [-0.2, 0) is 14.1 Å². The number of hydrogen-bond acceptors (Lipinski definition) is 8. The molecule has 2 aromatic rings. The molecule has 0 aromatic heterocycles. The fourth-order valence-electron chi connectivity index (χ4n) is 4.21. The van der Waals surface area contributed by atoms with E-state index in [0.717, 1.165) is 38.9 Å². The van der Waals surface area contributed by atoms with Crippen LogP contribution in [0.3, 0.4) is 0 Å². The van der Waals surface area contributed by atoms with Crippen LogP contribution in [0.5, 0.6) is 11.5 Å². The van der Waals surface area contributed by atoms with E-state index in [1.807, 2.05) is 0 Å². The normalized spacial score (nSPS) is 24.0. The molecule has 3 heterocycles. The number of hydrogen-bond donors (Lipinski definition) is 1. The Morgan fingerprint density at radius 2 is 1.62 bits per heavy atom. The molecule has 2 aromatic carbocycles. The third kappa shape index (κ3) is 5.94. The molecule has 3 aliphatic heterocycles. The summed E-state index contributed by atoms with van der Waals surface area (Å²) in [7, 11) is -4.11. The van der Waals surface area contributed by atoms with Gasteiger partial charge in [-0.2, -0.15) is 5.09 Å². The predicted molar refractivity (Wildman–Crippen MR) is 125 cm³/mol. The van der Waals surface area contributed by atoms with Crippen LogP contribution in [0.2, 0.25) is 0 Å². The Morgan fingerprint density at radius 3 is 2.18 bits per heavy atom. The number of non-ortho nitro benzene ring substituents is 1. The molecule has 3 saturated heterocycles. The maximum atomic E-state index is 13.6. The second-order valence-corrected chi connectivity index (χ2v) is 10.4. The zero-order valence-corrected chi connectivity index (χ0v) is 19.8. The maximum absolute atomic E-state index is 13.6. The zero-order valence-electron chi connectivity index (χ0n) is 18.9. The van der Waals surface area contributed by atoms with Crippen molar-refractivity contribution in [2.24, 2.45) is 5.41 Å². The number of piperidine rings is 3. The minimum Gasteiger partial charge on any atom is -0.464 e. The van der Waals surface area contributed by atoms with E-state index < -0.39 is 24.7 Å². The van der Waals surface area contributed by atoms with Gasteiger partial charge in [0, 0.05) is 17.5 Å². The van der Waals surface area contributed by atoms with Crippen molar-refractivity contribution in [3.05, 3.63) is 64.7 Å². The number of para-hydroxylation sites is 1. The van der Waals surface area contributed by atoms with Crippen molar-refractivity contribution in [1.29, 1.82) is 0 Å². The van der Waals surface area contributed by atoms with Crippen LogP contribution in [-0.4, -0.2) is 48.1 Å². The number of rotatable bonds is 10. The van der Waals surface area contributed by atoms with Gasteiger partial charge in [0.15, 0.2) is 0 Å². The van der Waals surface area contributed by atoms with Gasteiger partial charge in [-0.25, -0.2) is 4.57 Å². The van der Waals surface area contributed by atoms with E-state index in [2.05, 4.69) is 9.99 Å². The fraction of sp³-hybridized carbons (Fsp3) is 0.435. The lowest BCUT2D eigenvalue weighted by Crippen LogP contribution is -2.50. The summed E-state index contributed by atoms with van der Waals surface area (Å²) in [5, 5.41) is 13.6. The second-order valence-electron chi connectivity index (χ2n) is 8.79. The number of nitrogens with zero attached hydrogens (tertiary/aromatic N) is 2. The van der Waals surface area contributed by atoms with Gasteiger partial charge in [0.2, 0.25) is 0 Å². The lowest BCUT2D eigenvalue weighted by molar-refractivity contribution is -0.384. The highest BCUT2D eigenvalue weighted by Gasteiger charge is 2.41. The Kier molecular flexibility index (Phi) is 7.21. The van der Waals surface area contributed by atoms with Crippen LogP contribution < -0.4 is 14.1 Å². The summed E-state index contributed by atoms with van der Waals surface area (Å²) < 4.78 is 30.4. The molecule has 182 valence electrons. The topological polar surface area (TPSA) is 120 Å². The molecule has 5 rings (SSSR count). The summed E-state index contributed by atoms with van der Waals surface area (Å²) in [6.45, 7) is 4.93. The monoisotopic (exact) mass is 489 g/mol. The van der Waals surface area contributed by atoms with E-state index in [0.29, 0.717) is 6.61 Å². The minimum atomic E-state index is -4.11. The summed E-state index contributed by atoms with van der Waals surface area (Å²) in [6.07, 6.45) is 3.00. The average Bonchev–Trinajstić information content (AvgIpc) is 2.84. The lowest BCUT2D eigenvalue weighted by atomic mass is 9.73. The molecule has 2 bridgehead atoms. The molecule has 0 radical (unpaired) electrons. The molecule has 0 aliphatic carbocycles. The third-order valence-corrected chi connectivity index (χ3v) is 7.95. The summed E-state index contributed by atoms with van der Waals surface area (Å²) in [5.41, 5.74) is -0.118. The Hall–Kier alpha value is -2.94. The van der Waals surface area contributed by atoms with Gasteiger partial charge in [0.1, 0.15) is 17.5 Å². The van der Waals surface area contributed by atoms with Crippen LogP contribution in [0.25, 0.3) is 0 Å². The van der Waals surface area contributed by atoms with Crippen molar-refractivity contribution in [1.82, 2.24) is 9.99 Å². The predicted octanol–water partition coefficient (Wildman–Crippen LogP) is 4.17. The van der Waals surface area contributed by atoms with E-state index in [1.165, 1.54) is 31.2 Å². The largest absolute Gasteiger partial charge is 0.513 e. The maximum Gasteiger partial charge on any atom is 0.513 e. The van der Waals surface area contributed by atoms with Crippen molar-refractivity contribution in [2.75, 3.05) is 26.2 Å². The molecule has 11 heteroatoms. The number of carbonyl (C=O) groups excluding carboxylic acids is 1. The average molecular weight is 489 g/mol. The van der Waals surface area contributed by atoms with Gasteiger partial charge in [-0.15, -0.1) is 0 Å². The standard InChI is InChI=1S/C23H28N3O7P/c1-18(22(27)31-17-23-11-14-25(15-12-23)16-13-23)24-34(30,32-20-5-3-2-4-6-20)33-21-9-7-19(8-10-21)26(28)29/h2-10,18H,11-17H2,1H3,(H,24,30). The third-order valence-electron chi connectivity index (χ3n) is 6.34. The van der Waals surface area contributed by atoms with E-state index in [4.69, 9.17) is 13.8 Å². The molecule has 0 saturated carbocycles. The van der Waals surface area contributed by atoms with Crippen molar-refractivity contribution >= 4 is 19.4 Å². The van der Waals surface area contributed by atoms with Crippen LogP contribution in [0.15, 0.2) is 54.6 Å². The van der Waals surface area contributed by atoms with E-state index >= 15 is 0 Å². The number of benzene rings is 2. The zero-order chi connectivity index (χ0) is 24.2. The molecule has 1 N–H and O–H groups in total. The highest BCUT2D eigenvalue weighted by Crippen LogP contribution is 2.46. The van der Waals surface area contributed by atoms with Gasteiger partial charge in [-0.05, 0) is 70.1 Å². The molecule has 2 unspecified atom stereocenters. The van der Waals surface area contributed by atoms with Crippen LogP contribution in [0, 0.1) is 15.5 Å². The number of carbonyl (C=O) groups is 1. The molecule has 0 spiro atoms. The van der Waals surface area contributed by atoms with E-state index in [9.17, 15) is 19.5 Å². The van der Waals surface area contributed by atoms with Crippen molar-refractivity contribution < 1.29 is 28.1 Å². The summed E-state index contributed by atoms with van der Waals surface area (Å²) in [4.78, 5) is 25.5. The molecule has 0 amide bonds. The van der Waals surface area contributed by atoms with Crippen LogP contribution >= 0.6 is 7.75 Å². The smallest absolute Gasteiger partial charge is 0.464 e. The molecular formula is C23H28N3O7P. The fourth-order valence-corrected chi connectivity index (χ4v) is 5.73. The van der Waals surface area contributed by atoms with Crippen LogP contribution in [0.4, 0.5) is 5.69 Å². The number of nitro groups is 1. The van der Waals surface area contributed by atoms with Gasteiger partial charge in [0.05, 0.1) is 11.5 Å². The van der Waals surface area contributed by atoms with Gasteiger partial charge in [0.25, 0.3) is 5.69 Å². The number of nitro benzene ring substituents is 1. The SMILES string of the molecule is CC(NP(=O)(Oc1ccccc1)Oc1ccc([N+](=O)[O-])cc1)C(=O)OCC12CCN(CC1)CC2. The number of fused-ring (bicyclic) bond motifs is 3. The molecule has 3 fully saturated rings. The summed E-state index contributed by atoms with van der Waals surface area (Å²) >= 11 is 0. The second kappa shape index (κ2) is 10.1. The Balaban J connectivity index is 1.43.